The van der Waals surface area contributed by atoms with E-state index in [2.05, 4.69) is 74.1 Å². The van der Waals surface area contributed by atoms with E-state index < -0.39 is 208 Å². The molecule has 0 aliphatic carbocycles. The van der Waals surface area contributed by atoms with Crippen LogP contribution in [0.25, 0.3) is 10.9 Å². The molecular weight excluding hydrogens is 1620 g/mol. The van der Waals surface area contributed by atoms with E-state index in [-0.39, 0.29) is 95.8 Å². The zero-order valence-corrected chi connectivity index (χ0v) is 74.3. The van der Waals surface area contributed by atoms with E-state index in [1.165, 1.54) is 93.5 Å². The Morgan fingerprint density at radius 1 is 0.556 bits per heavy atom. The van der Waals surface area contributed by atoms with Gasteiger partial charge in [0, 0.05) is 74.5 Å². The molecule has 0 spiro atoms. The molecule has 2 heterocycles. The first kappa shape index (κ1) is 107. The van der Waals surface area contributed by atoms with E-state index in [0.717, 1.165) is 0 Å². The minimum absolute atomic E-state index is 0. The molecule has 1 aliphatic heterocycles. The standard InChI is InChI=1S/C90H131N15O20.CH4/c1-50(2)43-62-35-39-72(109)68(47-63-49-93-66-32-26-25-31-65(63)66)99-83(120)70(46-61-33-36-64(108)37-34-61)100-82(119)67(38-40-73(110)111)102-88(125)90(14,105-85(122)71(45-60-29-23-22-24-30-60)101-86(123)74(58(11)106)103-84(121)69(44-51(3)4)98-59(12)107)42-28-21-19-17-15-16-18-20-27-41-89(13,104-81(62)118)87(124)97-57(10)80(117)96-56(9)79(116)95-55(8)78(115)94-54(7)76(113)75(112)53(6)92-48-52(5)77(91)114;/h16,18,22-26,29-34,36-37,49-58,62,67-71,74,92-93,106,108H,15,17,19-21,27-28,35,38-48H2,1-14H3,(H2,91,114)(H,94,115)(H,95,116)(H,96,117)(H,97,124)(H,98,107)(H,99,120)(H,100,119)(H,101,123)(H,102,125)(H,103,121)(H,104,118)(H,105,122)(H,110,111);1H4/b18-16+;/t52-,53-,54-,55?,56-,57?,58+,62-,67-,68-,69-,70?,71-,74-,89-,90+;/m0./s1. The predicted octanol–water partition coefficient (Wildman–Crippen LogP) is 3.86. The number of hydrogen-bond donors (Lipinski definition) is 18. The fraction of sp³-hybridized carbons (Fsp3) is 0.571. The second-order valence-electron chi connectivity index (χ2n) is 34.2. The van der Waals surface area contributed by atoms with Crippen LogP contribution in [0.1, 0.15) is 217 Å². The number of primary amides is 1. The number of aliphatic hydroxyl groups excluding tert-OH is 1. The number of fused-ring (bicyclic) bond motifs is 1. The van der Waals surface area contributed by atoms with Crippen LogP contribution in [0.15, 0.2) is 97.2 Å². The lowest BCUT2D eigenvalue weighted by molar-refractivity contribution is -0.140. The number of carbonyl (C=O) groups is 17. The Morgan fingerprint density at radius 2 is 1.13 bits per heavy atom. The fourth-order valence-electron chi connectivity index (χ4n) is 14.3. The number of para-hydroxylation sites is 1. The van der Waals surface area contributed by atoms with Gasteiger partial charge in [-0.25, -0.2) is 0 Å². The quantitative estimate of drug-likeness (QED) is 0.0227. The summed E-state index contributed by atoms with van der Waals surface area (Å²) in [4.78, 5) is 241. The largest absolute Gasteiger partial charge is 0.508 e. The maximum absolute atomic E-state index is 15.4. The molecule has 3 aromatic carbocycles. The van der Waals surface area contributed by atoms with Gasteiger partial charge in [-0.3, -0.25) is 81.5 Å². The number of nitrogens with one attached hydrogen (secondary N) is 14. The average Bonchev–Trinajstić information content (AvgIpc) is 1.79. The highest BCUT2D eigenvalue weighted by Crippen LogP contribution is 2.27. The number of amides is 13. The second-order valence-corrected chi connectivity index (χ2v) is 34.2. The number of ketones is 3. The fourth-order valence-corrected chi connectivity index (χ4v) is 14.3. The molecule has 126 heavy (non-hydrogen) atoms. The van der Waals surface area contributed by atoms with Crippen molar-refractivity contribution in [3.8, 4) is 5.75 Å². The monoisotopic (exact) mass is 1760 g/mol. The SMILES string of the molecule is C.CC(=O)N[C@@H](CC(C)C)C(=O)N[C@H](C(=O)N[C@@H](Cc1ccccc1)C(=O)N[C@]1(C)CCCCCC/C=C/CCC[C@@](C)(C(=O)NC(C)C(=O)N[C@@H](C)C(=O)NC(C)C(=O)N[C@@H](C)C(=O)C(=O)[C@H](C)NC[C@H](C)C(N)=O)NC(=O)[C@H](CC(C)C)CCC(=O)[C@H](Cc2c[nH]c3ccccc23)NC(=O)C(Cc2ccc(O)cc2)NC(=O)[C@H](CCC(=O)O)NC1=O)[C@@H](C)O. The van der Waals surface area contributed by atoms with E-state index >= 15 is 28.8 Å². The molecule has 0 bridgehead atoms. The average molecular weight is 1760 g/mol. The van der Waals surface area contributed by atoms with Crippen LogP contribution in [-0.4, -0.2) is 211 Å². The summed E-state index contributed by atoms with van der Waals surface area (Å²) in [7, 11) is 0. The molecule has 0 fully saturated rings. The Labute approximate surface area is 737 Å². The number of hydrogen-bond acceptors (Lipinski definition) is 20. The van der Waals surface area contributed by atoms with Gasteiger partial charge in [-0.15, -0.1) is 0 Å². The minimum atomic E-state index is -1.99. The summed E-state index contributed by atoms with van der Waals surface area (Å²) in [5.74, 6) is -16.6. The first-order chi connectivity index (χ1) is 58.8. The van der Waals surface area contributed by atoms with Crippen molar-refractivity contribution in [1.29, 1.82) is 0 Å². The van der Waals surface area contributed by atoms with E-state index in [1.54, 1.807) is 48.7 Å². The molecule has 35 heteroatoms. The van der Waals surface area contributed by atoms with Crippen molar-refractivity contribution in [2.45, 2.75) is 304 Å². The number of carbonyl (C=O) groups excluding carboxylic acids is 16. The summed E-state index contributed by atoms with van der Waals surface area (Å²) in [5, 5.41) is 67.0. The lowest BCUT2D eigenvalue weighted by atomic mass is 9.87. The molecule has 5 rings (SSSR count). The number of allylic oxidation sites excluding steroid dienone is 2. The number of Topliss-reactive ketones (excluding diaryl/α,β-unsaturated/α-hetero) is 3. The van der Waals surface area contributed by atoms with Gasteiger partial charge in [0.05, 0.1) is 24.2 Å². The number of phenolic OH excluding ortho intramolecular Hbond substituents is 1. The number of aromatic nitrogens is 1. The molecule has 0 radical (unpaired) electrons. The van der Waals surface area contributed by atoms with Gasteiger partial charge in [0.2, 0.25) is 88.4 Å². The molecule has 4 aromatic rings. The third-order valence-corrected chi connectivity index (χ3v) is 22.0. The van der Waals surface area contributed by atoms with E-state index in [1.807, 2.05) is 52.0 Å². The van der Waals surface area contributed by atoms with Crippen LogP contribution in [0.2, 0.25) is 0 Å². The highest BCUT2D eigenvalue weighted by atomic mass is 16.4. The maximum Gasteiger partial charge on any atom is 0.303 e. The van der Waals surface area contributed by atoms with Crippen LogP contribution in [0.3, 0.4) is 0 Å². The molecular formula is C91H135N15O20. The van der Waals surface area contributed by atoms with Gasteiger partial charge in [-0.1, -0.05) is 134 Å². The second kappa shape index (κ2) is 51.6. The van der Waals surface area contributed by atoms with Gasteiger partial charge in [0.1, 0.15) is 65.2 Å². The number of aromatic hydroxyl groups is 1. The molecule has 16 atom stereocenters. The first-order valence-electron chi connectivity index (χ1n) is 43.0. The highest BCUT2D eigenvalue weighted by molar-refractivity contribution is 6.41. The number of phenols is 1. The van der Waals surface area contributed by atoms with Crippen molar-refractivity contribution < 1.29 is 96.8 Å². The van der Waals surface area contributed by atoms with Crippen LogP contribution in [0.5, 0.6) is 5.75 Å². The Kier molecular flexibility index (Phi) is 43.7. The van der Waals surface area contributed by atoms with Crippen LogP contribution < -0.4 is 74.9 Å². The van der Waals surface area contributed by atoms with Gasteiger partial charge in [-0.05, 0) is 166 Å². The van der Waals surface area contributed by atoms with Crippen molar-refractivity contribution in [3.05, 3.63) is 114 Å². The number of aliphatic carboxylic acids is 1. The lowest BCUT2D eigenvalue weighted by Gasteiger charge is -2.34. The zero-order chi connectivity index (χ0) is 93.2. The summed E-state index contributed by atoms with van der Waals surface area (Å²) < 4.78 is 0. The summed E-state index contributed by atoms with van der Waals surface area (Å²) in [5.41, 5.74) is 3.75. The maximum atomic E-state index is 15.4. The third kappa shape index (κ3) is 35.0. The molecule has 0 saturated carbocycles. The molecule has 19 N–H and O–H groups in total. The van der Waals surface area contributed by atoms with Gasteiger partial charge in [-0.2, -0.15) is 0 Å². The molecule has 35 nitrogen and oxygen atoms in total. The molecule has 1 aromatic heterocycles. The first-order valence-corrected chi connectivity index (χ1v) is 43.0. The number of nitrogens with two attached hydrogens (primary N) is 1. The molecule has 0 saturated heterocycles. The topological polar surface area (TPSA) is 549 Å². The summed E-state index contributed by atoms with van der Waals surface area (Å²) in [6.07, 6.45) is 4.87. The number of rotatable bonds is 36. The lowest BCUT2D eigenvalue weighted by Crippen LogP contribution is -2.65. The molecule has 13 amide bonds. The van der Waals surface area contributed by atoms with Crippen molar-refractivity contribution in [2.75, 3.05) is 6.54 Å². The zero-order valence-electron chi connectivity index (χ0n) is 74.3. The minimum Gasteiger partial charge on any atom is -0.508 e. The molecule has 1 aliphatic rings. The van der Waals surface area contributed by atoms with E-state index in [9.17, 15) is 68.1 Å². The third-order valence-electron chi connectivity index (χ3n) is 22.0. The number of carboxylic acids is 1. The smallest absolute Gasteiger partial charge is 0.303 e. The Balaban J connectivity index is 0.0000333. The Bertz CT molecular complexity index is 4440. The Morgan fingerprint density at radius 3 is 1.72 bits per heavy atom. The van der Waals surface area contributed by atoms with Crippen LogP contribution in [-0.2, 0) is 101 Å². The number of H-pyrrole nitrogens is 1. The summed E-state index contributed by atoms with van der Waals surface area (Å²) in [6.45, 7) is 21.0. The van der Waals surface area contributed by atoms with E-state index in [0.29, 0.717) is 66.1 Å². The van der Waals surface area contributed by atoms with Gasteiger partial charge < -0.3 is 95.2 Å². The van der Waals surface area contributed by atoms with Crippen molar-refractivity contribution in [1.82, 2.24) is 74.1 Å². The van der Waals surface area contributed by atoms with Crippen LogP contribution in [0, 0.1) is 23.7 Å². The highest BCUT2D eigenvalue weighted by Gasteiger charge is 2.43. The van der Waals surface area contributed by atoms with Gasteiger partial charge in [0.15, 0.2) is 5.78 Å². The molecule has 694 valence electrons. The normalized spacial score (nSPS) is 21.3. The molecule has 3 unspecified atom stereocenters. The number of aromatic amines is 1. The van der Waals surface area contributed by atoms with Gasteiger partial charge >= 0.3 is 5.97 Å². The summed E-state index contributed by atoms with van der Waals surface area (Å²) >= 11 is 0. The van der Waals surface area contributed by atoms with E-state index in [4.69, 9.17) is 5.73 Å². The predicted molar refractivity (Wildman–Crippen MR) is 473 cm³/mol. The van der Waals surface area contributed by atoms with Crippen LogP contribution >= 0.6 is 0 Å². The van der Waals surface area contributed by atoms with Crippen molar-refractivity contribution in [2.24, 2.45) is 29.4 Å². The van der Waals surface area contributed by atoms with Crippen molar-refractivity contribution in [3.63, 3.8) is 0 Å². The summed E-state index contributed by atoms with van der Waals surface area (Å²) in [6, 6.07) is 5.89. The Hall–Kier alpha value is -11.8. The number of carboxylic acid groups (broad SMARTS) is 1. The number of aliphatic hydroxyl groups is 1. The number of benzene rings is 3. The van der Waals surface area contributed by atoms with Crippen molar-refractivity contribution >= 4 is 111 Å². The van der Waals surface area contributed by atoms with Gasteiger partial charge in [0.25, 0.3) is 0 Å². The van der Waals surface area contributed by atoms with Crippen LogP contribution in [0.4, 0.5) is 0 Å².